The van der Waals surface area contributed by atoms with Crippen LogP contribution in [0.3, 0.4) is 0 Å². The lowest BCUT2D eigenvalue weighted by molar-refractivity contribution is -0.141. The number of hydrogen-bond acceptors (Lipinski definition) is 4. The van der Waals surface area contributed by atoms with E-state index in [2.05, 4.69) is 4.74 Å². The highest BCUT2D eigenvalue weighted by Gasteiger charge is 2.18. The summed E-state index contributed by atoms with van der Waals surface area (Å²) in [5.74, 6) is -4.88. The summed E-state index contributed by atoms with van der Waals surface area (Å²) in [5.41, 5.74) is -1.07. The van der Waals surface area contributed by atoms with Gasteiger partial charge in [0.1, 0.15) is 11.8 Å². The molecule has 0 fully saturated rings. The molecule has 0 unspecified atom stereocenters. The number of rotatable bonds is 5. The molecule has 0 saturated heterocycles. The maximum Gasteiger partial charge on any atom is 0.326 e. The molecular weight excluding hydrogens is 250 g/mol. The minimum Gasteiger partial charge on any atom is -0.480 e. The van der Waals surface area contributed by atoms with Gasteiger partial charge in [0.15, 0.2) is 0 Å². The summed E-state index contributed by atoms with van der Waals surface area (Å²) in [5, 5.41) is 10.9. The maximum absolute atomic E-state index is 11.5. The normalized spacial score (nSPS) is 19.2. The smallest absolute Gasteiger partial charge is 0.326 e. The summed E-state index contributed by atoms with van der Waals surface area (Å²) in [6.45, 7) is 1.80. The largest absolute Gasteiger partial charge is 0.480 e. The Morgan fingerprint density at radius 3 is 2.42 bits per heavy atom. The van der Waals surface area contributed by atoms with Crippen molar-refractivity contribution in [2.75, 3.05) is 0 Å². The average molecular weight is 272 g/mol. The van der Waals surface area contributed by atoms with Crippen LogP contribution in [0.2, 0.25) is 0 Å². The van der Waals surface area contributed by atoms with Crippen LogP contribution in [0.5, 0.6) is 5.75 Å². The predicted octanol–water partition coefficient (Wildman–Crippen LogP) is 0.744. The number of hydrogen-bond donors (Lipinski definition) is 2. The van der Waals surface area contributed by atoms with Crippen molar-refractivity contribution in [3.63, 3.8) is 0 Å². The summed E-state index contributed by atoms with van der Waals surface area (Å²) in [6.07, 6.45) is -3.38. The Morgan fingerprint density at radius 1 is 1.42 bits per heavy atom. The molecule has 0 radical (unpaired) electrons. The number of amides is 1. The highest BCUT2D eigenvalue weighted by atomic mass is 16.5. The molecule has 1 atom stereocenters. The number of carboxylic acid groups (broad SMARTS) is 1. The molecule has 2 N–H and O–H groups in total. The van der Waals surface area contributed by atoms with Gasteiger partial charge in [-0.15, -0.1) is 0 Å². The van der Waals surface area contributed by atoms with Crippen LogP contribution in [0.4, 0.5) is 0 Å². The predicted molar refractivity (Wildman–Crippen MR) is 66.7 cm³/mol. The Hall–Kier alpha value is -2.37. The summed E-state index contributed by atoms with van der Waals surface area (Å²) in [6, 6.07) is -7.30. The first-order valence-corrected chi connectivity index (χ1v) is 4.99. The van der Waals surface area contributed by atoms with Crippen molar-refractivity contribution in [1.29, 1.82) is 0 Å². The first kappa shape index (κ1) is 7.28. The zero-order valence-electron chi connectivity index (χ0n) is 17.1. The molecule has 1 rings (SSSR count). The van der Waals surface area contributed by atoms with E-state index in [1.54, 1.807) is 5.32 Å². The summed E-state index contributed by atoms with van der Waals surface area (Å²) in [4.78, 5) is 33.7. The van der Waals surface area contributed by atoms with Crippen molar-refractivity contribution in [3.05, 3.63) is 29.7 Å². The van der Waals surface area contributed by atoms with Crippen LogP contribution in [0.15, 0.2) is 24.2 Å². The second-order valence-electron chi connectivity index (χ2n) is 3.28. The quantitative estimate of drug-likeness (QED) is 0.609. The second kappa shape index (κ2) is 6.53. The summed E-state index contributed by atoms with van der Waals surface area (Å²) >= 11 is 0. The van der Waals surface area contributed by atoms with Gasteiger partial charge in [-0.3, -0.25) is 9.59 Å². The number of benzene rings is 1. The van der Waals surface area contributed by atoms with Gasteiger partial charge in [-0.1, -0.05) is 12.1 Å². The molecule has 0 aromatic heterocycles. The molecule has 0 bridgehead atoms. The van der Waals surface area contributed by atoms with E-state index in [0.29, 0.717) is 0 Å². The molecule has 0 aliphatic rings. The van der Waals surface area contributed by atoms with Crippen LogP contribution >= 0.6 is 0 Å². The van der Waals surface area contributed by atoms with Gasteiger partial charge in [0.2, 0.25) is 5.91 Å². The van der Waals surface area contributed by atoms with Gasteiger partial charge >= 0.3 is 11.9 Å². The molecule has 102 valence electrons. The maximum atomic E-state index is 11.5. The molecular formula is C13H15NO5. The fourth-order valence-corrected chi connectivity index (χ4v) is 0.998. The fraction of sp³-hybridized carbons (Fsp3) is 0.308. The summed E-state index contributed by atoms with van der Waals surface area (Å²) in [7, 11) is 0. The number of carboxylic acids is 1. The zero-order valence-corrected chi connectivity index (χ0v) is 10.1. The van der Waals surface area contributed by atoms with Gasteiger partial charge in [0.05, 0.1) is 6.85 Å². The molecule has 1 aromatic carbocycles. The standard InChI is InChI=1S/C13H15NO5/c1-8(15)14-12(13(17)18)7-10-3-5-11(6-4-10)19-9(2)16/h3-6,12H,7H2,1-2H3,(H,14,15)(H,17,18)/t12-/m0/s1/i3D,4D,5D,6D,7D2,12D. The molecule has 0 saturated carbocycles. The minimum absolute atomic E-state index is 0.766. The van der Waals surface area contributed by atoms with Crippen molar-refractivity contribution < 1.29 is 33.8 Å². The number of carbonyl (C=O) groups excluding carboxylic acids is 2. The van der Waals surface area contributed by atoms with E-state index in [1.165, 1.54) is 0 Å². The lowest BCUT2D eigenvalue weighted by Crippen LogP contribution is -2.41. The van der Waals surface area contributed by atoms with E-state index in [0.717, 1.165) is 13.8 Å². The van der Waals surface area contributed by atoms with Crippen molar-refractivity contribution in [3.8, 4) is 5.75 Å². The Kier molecular flexibility index (Phi) is 2.50. The van der Waals surface area contributed by atoms with Crippen LogP contribution in [-0.2, 0) is 20.8 Å². The highest BCUT2D eigenvalue weighted by Crippen LogP contribution is 2.13. The van der Waals surface area contributed by atoms with Crippen LogP contribution < -0.4 is 10.1 Å². The van der Waals surface area contributed by atoms with Crippen LogP contribution in [0, 0.1) is 0 Å². The van der Waals surface area contributed by atoms with Crippen molar-refractivity contribution in [1.82, 2.24) is 5.32 Å². The van der Waals surface area contributed by atoms with Crippen molar-refractivity contribution in [2.45, 2.75) is 26.2 Å². The molecule has 1 amide bonds. The molecule has 0 aliphatic carbocycles. The van der Waals surface area contributed by atoms with Crippen molar-refractivity contribution in [2.24, 2.45) is 0 Å². The lowest BCUT2D eigenvalue weighted by Gasteiger charge is -2.13. The van der Waals surface area contributed by atoms with Crippen LogP contribution in [0.1, 0.15) is 29.0 Å². The number of esters is 1. The molecule has 1 aromatic rings. The Morgan fingerprint density at radius 2 is 2.00 bits per heavy atom. The van der Waals surface area contributed by atoms with Crippen molar-refractivity contribution >= 4 is 17.8 Å². The number of ether oxygens (including phenoxy) is 1. The first-order chi connectivity index (χ1) is 11.7. The summed E-state index contributed by atoms with van der Waals surface area (Å²) < 4.78 is 59.7. The zero-order chi connectivity index (χ0) is 20.6. The number of aliphatic carboxylic acids is 1. The van der Waals surface area contributed by atoms with Gasteiger partial charge in [-0.05, 0) is 17.6 Å². The van der Waals surface area contributed by atoms with Gasteiger partial charge in [0, 0.05) is 23.0 Å². The Balaban J connectivity index is 3.81. The van der Waals surface area contributed by atoms with Gasteiger partial charge in [0.25, 0.3) is 0 Å². The third kappa shape index (κ3) is 5.20. The van der Waals surface area contributed by atoms with Gasteiger partial charge in [-0.25, -0.2) is 4.79 Å². The Labute approximate surface area is 120 Å². The van der Waals surface area contributed by atoms with Crippen LogP contribution in [-0.4, -0.2) is 29.0 Å². The van der Waals surface area contributed by atoms with Crippen LogP contribution in [0.25, 0.3) is 0 Å². The minimum atomic E-state index is -3.38. The monoisotopic (exact) mass is 272 g/mol. The SMILES string of the molecule is [2H]c1c([2H])c(C([2H])([2H])[C@]([2H])(NC(C)=O)C(=O)O)c([2H])c([2H])c1OC(C)=O. The molecule has 0 aliphatic heterocycles. The first-order valence-electron chi connectivity index (χ1n) is 8.49. The topological polar surface area (TPSA) is 92.7 Å². The molecule has 6 heteroatoms. The molecule has 0 heterocycles. The van der Waals surface area contributed by atoms with E-state index in [9.17, 15) is 19.5 Å². The highest BCUT2D eigenvalue weighted by molar-refractivity contribution is 5.82. The third-order valence-electron chi connectivity index (χ3n) is 1.61. The third-order valence-corrected chi connectivity index (χ3v) is 1.61. The Bertz CT molecular complexity index is 769. The second-order valence-corrected chi connectivity index (χ2v) is 3.28. The average Bonchev–Trinajstić information content (AvgIpc) is 2.48. The van der Waals surface area contributed by atoms with E-state index >= 15 is 0 Å². The molecule has 19 heavy (non-hydrogen) atoms. The lowest BCUT2D eigenvalue weighted by atomic mass is 10.1. The molecule has 0 spiro atoms. The van der Waals surface area contributed by atoms with E-state index < -0.39 is 65.7 Å². The van der Waals surface area contributed by atoms with Gasteiger partial charge < -0.3 is 15.2 Å². The van der Waals surface area contributed by atoms with Gasteiger partial charge in [-0.2, -0.15) is 0 Å². The number of nitrogens with one attached hydrogen (secondary N) is 1. The van der Waals surface area contributed by atoms with E-state index in [-0.39, 0.29) is 0 Å². The van der Waals surface area contributed by atoms with E-state index in [1.807, 2.05) is 0 Å². The number of carbonyl (C=O) groups is 3. The van der Waals surface area contributed by atoms with E-state index in [4.69, 9.17) is 9.60 Å². The fourth-order valence-electron chi connectivity index (χ4n) is 0.998. The molecule has 6 nitrogen and oxygen atoms in total.